The van der Waals surface area contributed by atoms with Crippen LogP contribution in [0.15, 0.2) is 24.3 Å². The summed E-state index contributed by atoms with van der Waals surface area (Å²) >= 11 is 0. The van der Waals surface area contributed by atoms with Crippen LogP contribution in [0.3, 0.4) is 0 Å². The predicted octanol–water partition coefficient (Wildman–Crippen LogP) is 4.34. The number of rotatable bonds is 5. The van der Waals surface area contributed by atoms with E-state index < -0.39 is 0 Å². The van der Waals surface area contributed by atoms with Crippen molar-refractivity contribution in [1.82, 2.24) is 4.90 Å². The number of carbonyl (C=O) groups is 1. The first-order chi connectivity index (χ1) is 10.2. The van der Waals surface area contributed by atoms with Crippen LogP contribution in [0.4, 0.5) is 5.69 Å². The van der Waals surface area contributed by atoms with Gasteiger partial charge in [-0.1, -0.05) is 52.8 Å². The summed E-state index contributed by atoms with van der Waals surface area (Å²) in [6.07, 6.45) is 3.11. The third kappa shape index (κ3) is 7.86. The van der Waals surface area contributed by atoms with Crippen molar-refractivity contribution in [3.05, 3.63) is 29.8 Å². The molecule has 21 heavy (non-hydrogen) atoms. The highest BCUT2D eigenvalue weighted by Gasteiger charge is 2.15. The third-order valence-corrected chi connectivity index (χ3v) is 3.17. The molecular weight excluding hydrogens is 260 g/mol. The summed E-state index contributed by atoms with van der Waals surface area (Å²) in [5, 5.41) is 2.76. The minimum atomic E-state index is 0.0983. The zero-order valence-electron chi connectivity index (χ0n) is 14.4. The molecule has 1 aliphatic heterocycles. The Morgan fingerprint density at radius 2 is 1.62 bits per heavy atom. The van der Waals surface area contributed by atoms with Crippen molar-refractivity contribution in [2.75, 3.05) is 25.0 Å². The fraction of sp³-hybridized carbons (Fsp3) is 0.611. The molecule has 1 aromatic carbocycles. The van der Waals surface area contributed by atoms with E-state index in [1.807, 2.05) is 38.1 Å². The smallest absolute Gasteiger partial charge is 0.228 e. The normalized spacial score (nSPS) is 11.8. The second-order valence-corrected chi connectivity index (χ2v) is 4.82. The van der Waals surface area contributed by atoms with Crippen LogP contribution in [0.5, 0.6) is 0 Å². The molecular formula is C18H32N2O. The number of amides is 1. The van der Waals surface area contributed by atoms with Crippen LogP contribution in [-0.4, -0.2) is 30.4 Å². The van der Waals surface area contributed by atoms with Crippen LogP contribution in [0, 0.1) is 0 Å². The largest absolute Gasteiger partial charge is 0.326 e. The quantitative estimate of drug-likeness (QED) is 0.875. The van der Waals surface area contributed by atoms with Gasteiger partial charge in [-0.3, -0.25) is 4.79 Å². The van der Waals surface area contributed by atoms with Crippen molar-refractivity contribution in [1.29, 1.82) is 0 Å². The minimum Gasteiger partial charge on any atom is -0.326 e. The summed E-state index contributed by atoms with van der Waals surface area (Å²) in [6, 6.07) is 7.75. The molecule has 3 nitrogen and oxygen atoms in total. The van der Waals surface area contributed by atoms with Gasteiger partial charge >= 0.3 is 0 Å². The molecule has 1 N–H and O–H groups in total. The Kier molecular flexibility index (Phi) is 11.6. The molecule has 0 saturated carbocycles. The number of benzene rings is 1. The lowest BCUT2D eigenvalue weighted by Gasteiger charge is -2.17. The van der Waals surface area contributed by atoms with Crippen molar-refractivity contribution in [3.8, 4) is 0 Å². The maximum atomic E-state index is 10.8. The van der Waals surface area contributed by atoms with E-state index in [0.717, 1.165) is 11.3 Å². The molecule has 2 rings (SSSR count). The van der Waals surface area contributed by atoms with Crippen LogP contribution in [0.1, 0.15) is 53.0 Å². The van der Waals surface area contributed by atoms with E-state index >= 15 is 0 Å². The van der Waals surface area contributed by atoms with Gasteiger partial charge in [0.05, 0.1) is 6.42 Å². The Hall–Kier alpha value is -1.35. The number of anilines is 1. The lowest BCUT2D eigenvalue weighted by molar-refractivity contribution is -0.115. The number of hydrogen-bond acceptors (Lipinski definition) is 2. The first kappa shape index (κ1) is 19.7. The van der Waals surface area contributed by atoms with E-state index in [1.54, 1.807) is 0 Å². The standard InChI is InChI=1S/C8H7NO.C8H19N.C2H6/c10-8-5-6-3-1-2-4-7(6)9-8;1-4-7-9(6-3)8-5-2;1-2/h1-4H,5H2,(H,9,10);4-8H2,1-3H3;1-2H3. The first-order valence-electron chi connectivity index (χ1n) is 8.31. The Balaban J connectivity index is 0.000000344. The summed E-state index contributed by atoms with van der Waals surface area (Å²) in [5.74, 6) is 0.0983. The predicted molar refractivity (Wildman–Crippen MR) is 92.8 cm³/mol. The van der Waals surface area contributed by atoms with Gasteiger partial charge in [0.15, 0.2) is 0 Å². The van der Waals surface area contributed by atoms with E-state index in [-0.39, 0.29) is 5.91 Å². The van der Waals surface area contributed by atoms with E-state index in [0.29, 0.717) is 6.42 Å². The van der Waals surface area contributed by atoms with Crippen LogP contribution < -0.4 is 5.32 Å². The minimum absolute atomic E-state index is 0.0983. The van der Waals surface area contributed by atoms with E-state index in [1.165, 1.54) is 32.5 Å². The SMILES string of the molecule is CC.CCCN(CC)CCC.O=C1Cc2ccccc2N1. The van der Waals surface area contributed by atoms with Gasteiger partial charge in [0.25, 0.3) is 0 Å². The Morgan fingerprint density at radius 1 is 1.05 bits per heavy atom. The summed E-state index contributed by atoms with van der Waals surface area (Å²) in [7, 11) is 0. The van der Waals surface area contributed by atoms with Crippen molar-refractivity contribution in [2.24, 2.45) is 0 Å². The fourth-order valence-electron chi connectivity index (χ4n) is 2.22. The fourth-order valence-corrected chi connectivity index (χ4v) is 2.22. The average Bonchev–Trinajstić information content (AvgIpc) is 2.89. The van der Waals surface area contributed by atoms with Gasteiger partial charge in [0.1, 0.15) is 0 Å². The maximum Gasteiger partial charge on any atom is 0.228 e. The highest BCUT2D eigenvalue weighted by atomic mass is 16.1. The van der Waals surface area contributed by atoms with Crippen molar-refractivity contribution in [3.63, 3.8) is 0 Å². The molecule has 120 valence electrons. The summed E-state index contributed by atoms with van der Waals surface area (Å²) in [5.41, 5.74) is 2.07. The Morgan fingerprint density at radius 3 is 2.10 bits per heavy atom. The molecule has 0 spiro atoms. The Bertz CT molecular complexity index is 358. The highest BCUT2D eigenvalue weighted by Crippen LogP contribution is 2.20. The third-order valence-electron chi connectivity index (χ3n) is 3.17. The lowest BCUT2D eigenvalue weighted by Crippen LogP contribution is -2.24. The molecule has 0 unspecified atom stereocenters. The lowest BCUT2D eigenvalue weighted by atomic mass is 10.2. The number of nitrogens with one attached hydrogen (secondary N) is 1. The molecule has 0 aliphatic carbocycles. The van der Waals surface area contributed by atoms with Gasteiger partial charge in [-0.05, 0) is 44.1 Å². The van der Waals surface area contributed by atoms with Gasteiger partial charge in [-0.15, -0.1) is 0 Å². The zero-order chi connectivity index (χ0) is 16.1. The molecule has 1 aromatic rings. The summed E-state index contributed by atoms with van der Waals surface area (Å²) < 4.78 is 0. The molecule has 0 aromatic heterocycles. The van der Waals surface area contributed by atoms with Crippen LogP contribution in [0.2, 0.25) is 0 Å². The molecule has 0 fully saturated rings. The molecule has 1 heterocycles. The monoisotopic (exact) mass is 292 g/mol. The van der Waals surface area contributed by atoms with E-state index in [4.69, 9.17) is 0 Å². The molecule has 1 aliphatic rings. The van der Waals surface area contributed by atoms with Gasteiger partial charge in [0.2, 0.25) is 5.91 Å². The molecule has 1 amide bonds. The van der Waals surface area contributed by atoms with Gasteiger partial charge in [0, 0.05) is 5.69 Å². The number of carbonyl (C=O) groups excluding carboxylic acids is 1. The second-order valence-electron chi connectivity index (χ2n) is 4.82. The summed E-state index contributed by atoms with van der Waals surface area (Å²) in [6.45, 7) is 14.4. The van der Waals surface area contributed by atoms with Crippen molar-refractivity contribution >= 4 is 11.6 Å². The Labute approximate surface area is 130 Å². The highest BCUT2D eigenvalue weighted by molar-refractivity contribution is 5.98. The number of nitrogens with zero attached hydrogens (tertiary/aromatic N) is 1. The second kappa shape index (κ2) is 12.4. The van der Waals surface area contributed by atoms with E-state index in [9.17, 15) is 4.79 Å². The first-order valence-corrected chi connectivity index (χ1v) is 8.31. The van der Waals surface area contributed by atoms with Gasteiger partial charge in [-0.2, -0.15) is 0 Å². The van der Waals surface area contributed by atoms with E-state index in [2.05, 4.69) is 31.0 Å². The molecule has 0 bridgehead atoms. The topological polar surface area (TPSA) is 32.3 Å². The molecule has 0 radical (unpaired) electrons. The maximum absolute atomic E-state index is 10.8. The van der Waals surface area contributed by atoms with Crippen molar-refractivity contribution in [2.45, 2.75) is 53.9 Å². The number of para-hydroxylation sites is 1. The number of fused-ring (bicyclic) bond motifs is 1. The van der Waals surface area contributed by atoms with Crippen LogP contribution >= 0.6 is 0 Å². The zero-order valence-corrected chi connectivity index (χ0v) is 14.4. The molecule has 3 heteroatoms. The van der Waals surface area contributed by atoms with Crippen molar-refractivity contribution < 1.29 is 4.79 Å². The van der Waals surface area contributed by atoms with Crippen LogP contribution in [0.25, 0.3) is 0 Å². The van der Waals surface area contributed by atoms with Gasteiger partial charge < -0.3 is 10.2 Å². The number of hydrogen-bond donors (Lipinski definition) is 1. The molecule has 0 saturated heterocycles. The summed E-state index contributed by atoms with van der Waals surface area (Å²) in [4.78, 5) is 13.3. The average molecular weight is 292 g/mol. The molecule has 0 atom stereocenters. The van der Waals surface area contributed by atoms with Crippen LogP contribution in [-0.2, 0) is 11.2 Å². The van der Waals surface area contributed by atoms with Gasteiger partial charge in [-0.25, -0.2) is 0 Å².